The fraction of sp³-hybridized carbons (Fsp3) is 0.545. The van der Waals surface area contributed by atoms with E-state index >= 15 is 0 Å². The molecule has 1 amide bonds. The molecule has 1 aromatic rings. The number of carbonyl (C=O) groups excluding carboxylic acids is 1. The van der Waals surface area contributed by atoms with Crippen LogP contribution in [0.3, 0.4) is 0 Å². The van der Waals surface area contributed by atoms with Gasteiger partial charge in [0.1, 0.15) is 0 Å². The molecule has 1 heterocycles. The Labute approximate surface area is 131 Å². The number of amides is 1. The number of carbonyl (C=O) groups is 1. The molecule has 0 bridgehead atoms. The predicted octanol–water partition coefficient (Wildman–Crippen LogP) is 4.81. The van der Waals surface area contributed by atoms with Gasteiger partial charge in [-0.25, -0.2) is 0 Å². The molecule has 0 radical (unpaired) electrons. The Morgan fingerprint density at radius 3 is 2.53 bits per heavy atom. The van der Waals surface area contributed by atoms with Crippen LogP contribution in [-0.4, -0.2) is 17.3 Å². The zero-order valence-electron chi connectivity index (χ0n) is 9.60. The molecule has 0 saturated heterocycles. The standard InChI is InChI=1S/C11H14Br3NOS/c1-6(2)8(3-4-12)15-11(16)7-5-9(13)17-10(7)14/h5-6,8H,3-4H2,1-2H3,(H,15,16). The first kappa shape index (κ1) is 15.7. The van der Waals surface area contributed by atoms with Crippen molar-refractivity contribution in [3.05, 3.63) is 19.2 Å². The largest absolute Gasteiger partial charge is 0.349 e. The van der Waals surface area contributed by atoms with E-state index in [9.17, 15) is 4.79 Å². The highest BCUT2D eigenvalue weighted by molar-refractivity contribution is 9.12. The summed E-state index contributed by atoms with van der Waals surface area (Å²) in [5, 5.41) is 3.97. The summed E-state index contributed by atoms with van der Waals surface area (Å²) >= 11 is 11.7. The number of hydrogen-bond acceptors (Lipinski definition) is 2. The molecule has 0 fully saturated rings. The quantitative estimate of drug-likeness (QED) is 0.644. The van der Waals surface area contributed by atoms with Crippen molar-refractivity contribution in [3.8, 4) is 0 Å². The zero-order chi connectivity index (χ0) is 13.0. The highest BCUT2D eigenvalue weighted by atomic mass is 79.9. The van der Waals surface area contributed by atoms with Crippen molar-refractivity contribution in [2.75, 3.05) is 5.33 Å². The number of hydrogen-bond donors (Lipinski definition) is 1. The summed E-state index contributed by atoms with van der Waals surface area (Å²) in [5.41, 5.74) is 0.696. The average molecular weight is 448 g/mol. The summed E-state index contributed by atoms with van der Waals surface area (Å²) in [4.78, 5) is 12.1. The minimum absolute atomic E-state index is 0.0153. The summed E-state index contributed by atoms with van der Waals surface area (Å²) in [6.07, 6.45) is 0.937. The second-order valence-electron chi connectivity index (χ2n) is 4.04. The lowest BCUT2D eigenvalue weighted by Gasteiger charge is -2.21. The maximum atomic E-state index is 12.1. The van der Waals surface area contributed by atoms with Crippen LogP contribution in [0.1, 0.15) is 30.6 Å². The molecule has 1 rings (SSSR count). The second kappa shape index (κ2) is 7.26. The third kappa shape index (κ3) is 4.65. The molecule has 0 aliphatic rings. The lowest BCUT2D eigenvalue weighted by atomic mass is 10.0. The maximum absolute atomic E-state index is 12.1. The highest BCUT2D eigenvalue weighted by Gasteiger charge is 2.19. The Kier molecular flexibility index (Phi) is 6.69. The van der Waals surface area contributed by atoms with E-state index in [1.54, 1.807) is 0 Å². The first-order chi connectivity index (χ1) is 7.95. The van der Waals surface area contributed by atoms with E-state index in [1.807, 2.05) is 6.07 Å². The van der Waals surface area contributed by atoms with Crippen LogP contribution in [0.4, 0.5) is 0 Å². The first-order valence-electron chi connectivity index (χ1n) is 5.27. The van der Waals surface area contributed by atoms with Crippen LogP contribution >= 0.6 is 59.1 Å². The molecular formula is C11H14Br3NOS. The van der Waals surface area contributed by atoms with Gasteiger partial charge in [0.15, 0.2) is 0 Å². The van der Waals surface area contributed by atoms with Gasteiger partial charge in [-0.3, -0.25) is 4.79 Å². The van der Waals surface area contributed by atoms with Gasteiger partial charge in [-0.2, -0.15) is 0 Å². The Morgan fingerprint density at radius 1 is 1.47 bits per heavy atom. The fourth-order valence-corrected chi connectivity index (χ4v) is 4.72. The van der Waals surface area contributed by atoms with Crippen LogP contribution in [-0.2, 0) is 0 Å². The van der Waals surface area contributed by atoms with Crippen LogP contribution in [0.5, 0.6) is 0 Å². The molecule has 1 aromatic heterocycles. The fourth-order valence-electron chi connectivity index (χ4n) is 1.43. The Balaban J connectivity index is 2.73. The molecule has 1 atom stereocenters. The molecule has 2 nitrogen and oxygen atoms in total. The van der Waals surface area contributed by atoms with Gasteiger partial charge in [-0.1, -0.05) is 29.8 Å². The Bertz CT molecular complexity index is 392. The van der Waals surface area contributed by atoms with Crippen molar-refractivity contribution in [2.24, 2.45) is 5.92 Å². The predicted molar refractivity (Wildman–Crippen MR) is 84.2 cm³/mol. The third-order valence-corrected chi connectivity index (χ3v) is 5.24. The van der Waals surface area contributed by atoms with Crippen LogP contribution in [0.2, 0.25) is 0 Å². The van der Waals surface area contributed by atoms with Gasteiger partial charge in [0.25, 0.3) is 5.91 Å². The van der Waals surface area contributed by atoms with E-state index in [0.29, 0.717) is 11.5 Å². The summed E-state index contributed by atoms with van der Waals surface area (Å²) in [7, 11) is 0. The van der Waals surface area contributed by atoms with Crippen molar-refractivity contribution in [2.45, 2.75) is 26.3 Å². The van der Waals surface area contributed by atoms with Crippen LogP contribution in [0.15, 0.2) is 13.6 Å². The van der Waals surface area contributed by atoms with Gasteiger partial charge < -0.3 is 5.32 Å². The molecule has 0 saturated carbocycles. The number of thiophene rings is 1. The molecule has 1 N–H and O–H groups in total. The first-order valence-corrected chi connectivity index (χ1v) is 8.79. The maximum Gasteiger partial charge on any atom is 0.253 e. The number of rotatable bonds is 5. The third-order valence-electron chi connectivity index (χ3n) is 2.44. The molecule has 1 unspecified atom stereocenters. The number of nitrogens with one attached hydrogen (secondary N) is 1. The summed E-state index contributed by atoms with van der Waals surface area (Å²) in [6.45, 7) is 4.23. The van der Waals surface area contributed by atoms with Crippen molar-refractivity contribution in [1.82, 2.24) is 5.32 Å². The van der Waals surface area contributed by atoms with Gasteiger partial charge in [-0.15, -0.1) is 11.3 Å². The topological polar surface area (TPSA) is 29.1 Å². The zero-order valence-corrected chi connectivity index (χ0v) is 15.2. The monoisotopic (exact) mass is 445 g/mol. The smallest absolute Gasteiger partial charge is 0.253 e. The van der Waals surface area contributed by atoms with Crippen LogP contribution < -0.4 is 5.32 Å². The Morgan fingerprint density at radius 2 is 2.12 bits per heavy atom. The van der Waals surface area contributed by atoms with Gasteiger partial charge >= 0.3 is 0 Å². The molecule has 96 valence electrons. The lowest BCUT2D eigenvalue weighted by molar-refractivity contribution is 0.0925. The molecule has 6 heteroatoms. The van der Waals surface area contributed by atoms with E-state index in [1.165, 1.54) is 11.3 Å². The molecule has 0 spiro atoms. The van der Waals surface area contributed by atoms with E-state index < -0.39 is 0 Å². The minimum Gasteiger partial charge on any atom is -0.349 e. The van der Waals surface area contributed by atoms with Crippen molar-refractivity contribution < 1.29 is 4.79 Å². The molecule has 0 aliphatic heterocycles. The van der Waals surface area contributed by atoms with Crippen molar-refractivity contribution in [3.63, 3.8) is 0 Å². The molecule has 17 heavy (non-hydrogen) atoms. The molecule has 0 aliphatic carbocycles. The van der Waals surface area contributed by atoms with Gasteiger partial charge in [-0.05, 0) is 50.3 Å². The summed E-state index contributed by atoms with van der Waals surface area (Å²) in [5.74, 6) is 0.413. The van der Waals surface area contributed by atoms with Crippen molar-refractivity contribution >= 4 is 65.0 Å². The summed E-state index contributed by atoms with van der Waals surface area (Å²) < 4.78 is 1.82. The van der Waals surface area contributed by atoms with E-state index in [0.717, 1.165) is 19.3 Å². The summed E-state index contributed by atoms with van der Waals surface area (Å²) in [6, 6.07) is 2.04. The van der Waals surface area contributed by atoms with Crippen LogP contribution in [0.25, 0.3) is 0 Å². The highest BCUT2D eigenvalue weighted by Crippen LogP contribution is 2.31. The normalized spacial score (nSPS) is 12.8. The van der Waals surface area contributed by atoms with Gasteiger partial charge in [0, 0.05) is 11.4 Å². The van der Waals surface area contributed by atoms with Gasteiger partial charge in [0.2, 0.25) is 0 Å². The van der Waals surface area contributed by atoms with E-state index in [-0.39, 0.29) is 11.9 Å². The van der Waals surface area contributed by atoms with E-state index in [4.69, 9.17) is 0 Å². The van der Waals surface area contributed by atoms with Gasteiger partial charge in [0.05, 0.1) is 13.1 Å². The SMILES string of the molecule is CC(C)C(CCBr)NC(=O)c1cc(Br)sc1Br. The lowest BCUT2D eigenvalue weighted by Crippen LogP contribution is -2.38. The van der Waals surface area contributed by atoms with E-state index in [2.05, 4.69) is 67.0 Å². The Hall–Kier alpha value is 0.610. The van der Waals surface area contributed by atoms with Crippen molar-refractivity contribution in [1.29, 1.82) is 0 Å². The molecular weight excluding hydrogens is 434 g/mol. The van der Waals surface area contributed by atoms with Crippen LogP contribution in [0, 0.1) is 5.92 Å². The average Bonchev–Trinajstić information content (AvgIpc) is 2.57. The number of halogens is 3. The second-order valence-corrected chi connectivity index (χ2v) is 8.58. The molecule has 0 aromatic carbocycles. The minimum atomic E-state index is -0.0153. The number of alkyl halides is 1.